The summed E-state index contributed by atoms with van der Waals surface area (Å²) in [6.07, 6.45) is 1.89. The van der Waals surface area contributed by atoms with E-state index in [2.05, 4.69) is 25.7 Å². The Hall–Kier alpha value is -1.36. The number of hydrogen-bond acceptors (Lipinski definition) is 3. The van der Waals surface area contributed by atoms with Gasteiger partial charge in [0.05, 0.1) is 7.11 Å². The van der Waals surface area contributed by atoms with Crippen LogP contribution < -0.4 is 0 Å². The van der Waals surface area contributed by atoms with E-state index < -0.39 is 5.97 Å². The van der Waals surface area contributed by atoms with Crippen molar-refractivity contribution < 1.29 is 9.53 Å². The number of fused-ring (bicyclic) bond motifs is 1. The van der Waals surface area contributed by atoms with Crippen LogP contribution in [0.25, 0.3) is 11.0 Å². The van der Waals surface area contributed by atoms with Crippen LogP contribution in [0, 0.1) is 0 Å². The molecule has 0 saturated heterocycles. The summed E-state index contributed by atoms with van der Waals surface area (Å²) in [5.41, 5.74) is 1.06. The number of esters is 1. The van der Waals surface area contributed by atoms with Crippen LogP contribution in [0.1, 0.15) is 10.5 Å². The number of methoxy groups -OCH3 is 1. The van der Waals surface area contributed by atoms with Gasteiger partial charge in [-0.1, -0.05) is 0 Å². The van der Waals surface area contributed by atoms with E-state index in [4.69, 9.17) is 0 Å². The molecule has 2 heterocycles. The van der Waals surface area contributed by atoms with Gasteiger partial charge < -0.3 is 9.30 Å². The van der Waals surface area contributed by atoms with E-state index in [0.29, 0.717) is 5.69 Å². The molecule has 15 heavy (non-hydrogen) atoms. The Morgan fingerprint density at radius 1 is 1.60 bits per heavy atom. The highest BCUT2D eigenvalue weighted by Gasteiger charge is 2.12. The van der Waals surface area contributed by atoms with E-state index in [1.54, 1.807) is 6.07 Å². The summed E-state index contributed by atoms with van der Waals surface area (Å²) >= 11 is 3.40. The second-order valence-corrected chi connectivity index (χ2v) is 4.00. The maximum absolute atomic E-state index is 11.3. The Balaban J connectivity index is 2.70. The normalized spacial score (nSPS) is 10.6. The van der Waals surface area contributed by atoms with Crippen molar-refractivity contribution in [1.29, 1.82) is 0 Å². The number of aryl methyl sites for hydroxylation is 1. The number of carbonyl (C=O) groups excluding carboxylic acids is 1. The summed E-state index contributed by atoms with van der Waals surface area (Å²) in [7, 11) is 3.22. The quantitative estimate of drug-likeness (QED) is 0.745. The maximum Gasteiger partial charge on any atom is 0.356 e. The van der Waals surface area contributed by atoms with E-state index in [-0.39, 0.29) is 0 Å². The van der Waals surface area contributed by atoms with Crippen LogP contribution in [-0.2, 0) is 11.8 Å². The predicted octanol–water partition coefficient (Wildman–Crippen LogP) is 2.12. The van der Waals surface area contributed by atoms with Crippen LogP contribution in [0.2, 0.25) is 0 Å². The molecule has 2 aromatic heterocycles. The van der Waals surface area contributed by atoms with E-state index in [9.17, 15) is 4.79 Å². The Labute approximate surface area is 95.0 Å². The maximum atomic E-state index is 11.3. The number of aromatic nitrogens is 2. The second-order valence-electron chi connectivity index (χ2n) is 3.14. The van der Waals surface area contributed by atoms with Crippen LogP contribution in [0.4, 0.5) is 0 Å². The van der Waals surface area contributed by atoms with E-state index in [0.717, 1.165) is 15.5 Å². The van der Waals surface area contributed by atoms with Crippen molar-refractivity contribution in [2.24, 2.45) is 7.05 Å². The lowest BCUT2D eigenvalue weighted by atomic mass is 10.3. The van der Waals surface area contributed by atoms with Crippen LogP contribution in [0.5, 0.6) is 0 Å². The summed E-state index contributed by atoms with van der Waals surface area (Å²) in [5.74, 6) is -0.432. The molecule has 78 valence electrons. The van der Waals surface area contributed by atoms with Crippen LogP contribution in [0.15, 0.2) is 22.8 Å². The third-order valence-electron chi connectivity index (χ3n) is 2.18. The number of nitrogens with zero attached hydrogens (tertiary/aromatic N) is 2. The standard InChI is InChI=1S/C10H9BrN2O2/c1-13-4-3-6-7(11)5-8(10(14)15-2)12-9(6)13/h3-5H,1-2H3. The molecule has 0 aliphatic heterocycles. The first kappa shape index (κ1) is 10.2. The van der Waals surface area contributed by atoms with Gasteiger partial charge in [0, 0.05) is 23.1 Å². The molecule has 0 N–H and O–H groups in total. The number of halogens is 1. The van der Waals surface area contributed by atoms with Gasteiger partial charge in [-0.2, -0.15) is 0 Å². The zero-order chi connectivity index (χ0) is 11.0. The van der Waals surface area contributed by atoms with Gasteiger partial charge in [-0.25, -0.2) is 9.78 Å². The molecule has 0 fully saturated rings. The number of hydrogen-bond donors (Lipinski definition) is 0. The molecule has 0 saturated carbocycles. The molecule has 0 atom stereocenters. The zero-order valence-corrected chi connectivity index (χ0v) is 9.91. The smallest absolute Gasteiger partial charge is 0.356 e. The first-order valence-electron chi connectivity index (χ1n) is 4.33. The Kier molecular flexibility index (Phi) is 2.48. The molecule has 0 bridgehead atoms. The number of carbonyl (C=O) groups is 1. The van der Waals surface area contributed by atoms with Crippen molar-refractivity contribution in [2.45, 2.75) is 0 Å². The summed E-state index contributed by atoms with van der Waals surface area (Å²) in [6, 6.07) is 3.60. The average molecular weight is 269 g/mol. The first-order chi connectivity index (χ1) is 7.13. The molecule has 2 aromatic rings. The van der Waals surface area contributed by atoms with Gasteiger partial charge in [-0.3, -0.25) is 0 Å². The van der Waals surface area contributed by atoms with Gasteiger partial charge >= 0.3 is 5.97 Å². The van der Waals surface area contributed by atoms with Gasteiger partial charge in [-0.15, -0.1) is 0 Å². The topological polar surface area (TPSA) is 44.1 Å². The highest BCUT2D eigenvalue weighted by molar-refractivity contribution is 9.10. The fourth-order valence-electron chi connectivity index (χ4n) is 1.40. The van der Waals surface area contributed by atoms with Crippen molar-refractivity contribution in [1.82, 2.24) is 9.55 Å². The summed E-state index contributed by atoms with van der Waals surface area (Å²) in [5, 5.41) is 0.977. The van der Waals surface area contributed by atoms with Gasteiger partial charge in [-0.05, 0) is 28.1 Å². The minimum atomic E-state index is -0.432. The number of rotatable bonds is 1. The second kappa shape index (κ2) is 3.66. The number of pyridine rings is 1. The van der Waals surface area contributed by atoms with Crippen molar-refractivity contribution in [3.8, 4) is 0 Å². The average Bonchev–Trinajstić information content (AvgIpc) is 2.60. The fourth-order valence-corrected chi connectivity index (χ4v) is 1.93. The van der Waals surface area contributed by atoms with Crippen molar-refractivity contribution in [3.05, 3.63) is 28.5 Å². The first-order valence-corrected chi connectivity index (χ1v) is 5.12. The Morgan fingerprint density at radius 3 is 3.00 bits per heavy atom. The van der Waals surface area contributed by atoms with Crippen molar-refractivity contribution in [3.63, 3.8) is 0 Å². The molecule has 0 aliphatic rings. The van der Waals surface area contributed by atoms with E-state index in [1.807, 2.05) is 23.9 Å². The molecule has 0 radical (unpaired) electrons. The Bertz CT molecular complexity index is 533. The third-order valence-corrected chi connectivity index (χ3v) is 2.84. The number of ether oxygens (including phenoxy) is 1. The van der Waals surface area contributed by atoms with Gasteiger partial charge in [0.2, 0.25) is 0 Å². The Morgan fingerprint density at radius 2 is 2.33 bits per heavy atom. The molecular weight excluding hydrogens is 260 g/mol. The van der Waals surface area contributed by atoms with Crippen LogP contribution in [-0.4, -0.2) is 22.6 Å². The molecule has 5 heteroatoms. The van der Waals surface area contributed by atoms with Crippen molar-refractivity contribution in [2.75, 3.05) is 7.11 Å². The van der Waals surface area contributed by atoms with E-state index in [1.165, 1.54) is 7.11 Å². The molecule has 0 aromatic carbocycles. The summed E-state index contributed by atoms with van der Waals surface area (Å²) in [4.78, 5) is 15.6. The minimum absolute atomic E-state index is 0.304. The molecule has 0 unspecified atom stereocenters. The van der Waals surface area contributed by atoms with Crippen LogP contribution in [0.3, 0.4) is 0 Å². The molecule has 0 aliphatic carbocycles. The van der Waals surface area contributed by atoms with Gasteiger partial charge in [0.25, 0.3) is 0 Å². The lowest BCUT2D eigenvalue weighted by Gasteiger charge is -2.02. The monoisotopic (exact) mass is 268 g/mol. The lowest BCUT2D eigenvalue weighted by Crippen LogP contribution is -2.05. The molecule has 2 rings (SSSR count). The SMILES string of the molecule is COC(=O)c1cc(Br)c2ccn(C)c2n1. The summed E-state index contributed by atoms with van der Waals surface area (Å²) < 4.78 is 7.32. The fraction of sp³-hybridized carbons (Fsp3) is 0.200. The largest absolute Gasteiger partial charge is 0.464 e. The van der Waals surface area contributed by atoms with Crippen molar-refractivity contribution >= 4 is 32.9 Å². The van der Waals surface area contributed by atoms with Gasteiger partial charge in [0.15, 0.2) is 5.69 Å². The lowest BCUT2D eigenvalue weighted by molar-refractivity contribution is 0.0594. The predicted molar refractivity (Wildman–Crippen MR) is 59.8 cm³/mol. The van der Waals surface area contributed by atoms with Crippen LogP contribution >= 0.6 is 15.9 Å². The molecular formula is C10H9BrN2O2. The molecule has 0 spiro atoms. The highest BCUT2D eigenvalue weighted by Crippen LogP contribution is 2.24. The molecule has 4 nitrogen and oxygen atoms in total. The third kappa shape index (κ3) is 1.63. The van der Waals surface area contributed by atoms with Gasteiger partial charge in [0.1, 0.15) is 5.65 Å². The molecule has 0 amide bonds. The summed E-state index contributed by atoms with van der Waals surface area (Å²) in [6.45, 7) is 0. The minimum Gasteiger partial charge on any atom is -0.464 e. The zero-order valence-electron chi connectivity index (χ0n) is 8.32. The van der Waals surface area contributed by atoms with E-state index >= 15 is 0 Å². The highest BCUT2D eigenvalue weighted by atomic mass is 79.9.